The fourth-order valence-electron chi connectivity index (χ4n) is 3.14. The van der Waals surface area contributed by atoms with E-state index in [0.717, 1.165) is 13.8 Å². The molecule has 0 aromatic rings. The zero-order valence-corrected chi connectivity index (χ0v) is 11.3. The summed E-state index contributed by atoms with van der Waals surface area (Å²) < 4.78 is 15.7. The first-order chi connectivity index (χ1) is 9.85. The molecule has 3 aliphatic heterocycles. The van der Waals surface area contributed by atoms with E-state index in [-0.39, 0.29) is 0 Å². The fourth-order valence-corrected chi connectivity index (χ4v) is 3.14. The summed E-state index contributed by atoms with van der Waals surface area (Å²) in [5.74, 6) is -3.93. The molecule has 1 N–H and O–H groups in total. The number of nitrogens with one attached hydrogen (secondary N) is 1. The molecule has 0 aromatic heterocycles. The van der Waals surface area contributed by atoms with Crippen LogP contribution in [0, 0.1) is 11.8 Å². The predicted octanol–water partition coefficient (Wildman–Crippen LogP) is -0.965. The summed E-state index contributed by atoms with van der Waals surface area (Å²) in [5, 5.41) is 2.23. The smallest absolute Gasteiger partial charge is 0.305 e. The van der Waals surface area contributed by atoms with Crippen LogP contribution in [0.1, 0.15) is 13.8 Å². The first-order valence-corrected chi connectivity index (χ1v) is 6.41. The minimum Gasteiger partial charge on any atom is -0.422 e. The fraction of sp³-hybridized carbons (Fsp3) is 0.538. The molecule has 21 heavy (non-hydrogen) atoms. The molecule has 3 rings (SSSR count). The number of amides is 2. The van der Waals surface area contributed by atoms with Gasteiger partial charge in [-0.2, -0.15) is 0 Å². The third-order valence-electron chi connectivity index (χ3n) is 3.83. The summed E-state index contributed by atoms with van der Waals surface area (Å²) >= 11 is 0. The van der Waals surface area contributed by atoms with Gasteiger partial charge in [-0.25, -0.2) is 0 Å². The van der Waals surface area contributed by atoms with E-state index >= 15 is 0 Å². The second kappa shape index (κ2) is 4.39. The van der Waals surface area contributed by atoms with Crippen molar-refractivity contribution in [3.8, 4) is 0 Å². The quantitative estimate of drug-likeness (QED) is 0.309. The van der Waals surface area contributed by atoms with Crippen LogP contribution in [0.2, 0.25) is 0 Å². The van der Waals surface area contributed by atoms with Gasteiger partial charge in [0.15, 0.2) is 5.60 Å². The summed E-state index contributed by atoms with van der Waals surface area (Å²) in [6.07, 6.45) is 1.11. The lowest BCUT2D eigenvalue weighted by Crippen LogP contribution is -2.52. The molecule has 0 spiro atoms. The largest absolute Gasteiger partial charge is 0.422 e. The number of ether oxygens (including phenoxy) is 3. The Kier molecular flexibility index (Phi) is 2.87. The molecule has 2 bridgehead atoms. The zero-order valence-electron chi connectivity index (χ0n) is 11.3. The highest BCUT2D eigenvalue weighted by molar-refractivity contribution is 6.07. The summed E-state index contributed by atoms with van der Waals surface area (Å²) in [5.41, 5.74) is -1.46. The van der Waals surface area contributed by atoms with Gasteiger partial charge in [0.25, 0.3) is 6.29 Å². The molecule has 8 heteroatoms. The van der Waals surface area contributed by atoms with Crippen molar-refractivity contribution in [1.29, 1.82) is 0 Å². The lowest BCUT2D eigenvalue weighted by molar-refractivity contribution is -0.226. The molecule has 3 aliphatic rings. The van der Waals surface area contributed by atoms with Gasteiger partial charge in [0, 0.05) is 13.8 Å². The Morgan fingerprint density at radius 2 is 1.86 bits per heavy atom. The second-order valence-corrected chi connectivity index (χ2v) is 5.20. The molecule has 0 aliphatic carbocycles. The Morgan fingerprint density at radius 3 is 2.43 bits per heavy atom. The summed E-state index contributed by atoms with van der Waals surface area (Å²) in [6.45, 7) is 2.30. The van der Waals surface area contributed by atoms with E-state index in [1.165, 1.54) is 6.08 Å². The van der Waals surface area contributed by atoms with Gasteiger partial charge in [-0.15, -0.1) is 0 Å². The lowest BCUT2D eigenvalue weighted by Gasteiger charge is -2.34. The average molecular weight is 295 g/mol. The number of hydrogen-bond acceptors (Lipinski definition) is 7. The SMILES string of the molecule is CC(=O)OC(OC(C)=O)[C@@]12C=C[C@H](O1)[C@H]1C(=O)NC(=O)[C@@H]12. The van der Waals surface area contributed by atoms with Gasteiger partial charge < -0.3 is 14.2 Å². The molecule has 0 radical (unpaired) electrons. The number of esters is 2. The Morgan fingerprint density at radius 1 is 1.24 bits per heavy atom. The molecule has 3 heterocycles. The van der Waals surface area contributed by atoms with Crippen molar-refractivity contribution in [1.82, 2.24) is 5.32 Å². The molecule has 2 amide bonds. The highest BCUT2D eigenvalue weighted by Crippen LogP contribution is 2.52. The van der Waals surface area contributed by atoms with E-state index in [1.54, 1.807) is 6.08 Å². The zero-order chi connectivity index (χ0) is 15.4. The topological polar surface area (TPSA) is 108 Å². The van der Waals surface area contributed by atoms with Crippen molar-refractivity contribution in [3.05, 3.63) is 12.2 Å². The van der Waals surface area contributed by atoms with Crippen molar-refractivity contribution in [2.24, 2.45) is 11.8 Å². The second-order valence-electron chi connectivity index (χ2n) is 5.20. The maximum Gasteiger partial charge on any atom is 0.305 e. The minimum absolute atomic E-state index is 0.439. The number of fused-ring (bicyclic) bond motifs is 5. The van der Waals surface area contributed by atoms with Gasteiger partial charge in [0.1, 0.15) is 0 Å². The number of imide groups is 1. The van der Waals surface area contributed by atoms with Crippen molar-refractivity contribution in [2.75, 3.05) is 0 Å². The van der Waals surface area contributed by atoms with Crippen LogP contribution < -0.4 is 5.32 Å². The van der Waals surface area contributed by atoms with E-state index in [1.807, 2.05) is 0 Å². The number of carbonyl (C=O) groups excluding carboxylic acids is 4. The number of carbonyl (C=O) groups is 4. The Bertz CT molecular complexity index is 567. The maximum absolute atomic E-state index is 12.0. The van der Waals surface area contributed by atoms with Gasteiger partial charge >= 0.3 is 11.9 Å². The van der Waals surface area contributed by atoms with Crippen LogP contribution in [0.25, 0.3) is 0 Å². The minimum atomic E-state index is -1.46. The first-order valence-electron chi connectivity index (χ1n) is 6.41. The summed E-state index contributed by atoms with van der Waals surface area (Å²) in [6, 6.07) is 0. The molecular weight excluding hydrogens is 282 g/mol. The molecule has 0 unspecified atom stereocenters. The monoisotopic (exact) mass is 295 g/mol. The van der Waals surface area contributed by atoms with Gasteiger partial charge in [-0.3, -0.25) is 24.5 Å². The average Bonchev–Trinajstić information content (AvgIpc) is 3.00. The van der Waals surface area contributed by atoms with E-state index in [0.29, 0.717) is 0 Å². The van der Waals surface area contributed by atoms with Crippen molar-refractivity contribution in [2.45, 2.75) is 31.8 Å². The standard InChI is InChI=1S/C13H13NO7/c1-5(15)19-12(20-6(2)16)13-4-3-7(21-13)8-9(13)11(18)14-10(8)17/h3-4,7-9,12H,1-2H3,(H,14,17,18)/t7-,8+,9+,13-/m0/s1. The number of rotatable bonds is 3. The first kappa shape index (κ1) is 13.7. The third kappa shape index (κ3) is 1.86. The molecule has 112 valence electrons. The third-order valence-corrected chi connectivity index (χ3v) is 3.83. The van der Waals surface area contributed by atoms with E-state index in [9.17, 15) is 19.2 Å². The Balaban J connectivity index is 1.99. The van der Waals surface area contributed by atoms with Crippen LogP contribution >= 0.6 is 0 Å². The van der Waals surface area contributed by atoms with E-state index in [2.05, 4.69) is 5.32 Å². The van der Waals surface area contributed by atoms with Crippen LogP contribution in [0.15, 0.2) is 12.2 Å². The van der Waals surface area contributed by atoms with Gasteiger partial charge in [-0.05, 0) is 6.08 Å². The van der Waals surface area contributed by atoms with Crippen LogP contribution in [0.5, 0.6) is 0 Å². The molecule has 2 fully saturated rings. The van der Waals surface area contributed by atoms with Crippen molar-refractivity contribution in [3.63, 3.8) is 0 Å². The maximum atomic E-state index is 12.0. The summed E-state index contributed by atoms with van der Waals surface area (Å²) in [7, 11) is 0. The summed E-state index contributed by atoms with van der Waals surface area (Å²) in [4.78, 5) is 46.3. The highest BCUT2D eigenvalue weighted by Gasteiger charge is 2.70. The molecule has 8 nitrogen and oxygen atoms in total. The van der Waals surface area contributed by atoms with Crippen LogP contribution in [0.4, 0.5) is 0 Å². The van der Waals surface area contributed by atoms with E-state index < -0.39 is 53.6 Å². The van der Waals surface area contributed by atoms with Gasteiger partial charge in [0.2, 0.25) is 11.8 Å². The van der Waals surface area contributed by atoms with Crippen LogP contribution in [-0.2, 0) is 33.4 Å². The number of hydrogen-bond donors (Lipinski definition) is 1. The predicted molar refractivity (Wildman–Crippen MR) is 64.2 cm³/mol. The van der Waals surface area contributed by atoms with Crippen LogP contribution in [-0.4, -0.2) is 41.7 Å². The van der Waals surface area contributed by atoms with Gasteiger partial charge in [0.05, 0.1) is 17.9 Å². The molecule has 0 saturated carbocycles. The van der Waals surface area contributed by atoms with Gasteiger partial charge in [-0.1, -0.05) is 6.08 Å². The molecule has 0 aromatic carbocycles. The Labute approximate surface area is 119 Å². The van der Waals surface area contributed by atoms with Crippen LogP contribution in [0.3, 0.4) is 0 Å². The highest BCUT2D eigenvalue weighted by atomic mass is 16.7. The molecule has 4 atom stereocenters. The Hall–Kier alpha value is -2.22. The lowest BCUT2D eigenvalue weighted by atomic mass is 9.76. The molecular formula is C13H13NO7. The van der Waals surface area contributed by atoms with Crippen molar-refractivity contribution < 1.29 is 33.4 Å². The molecule has 2 saturated heterocycles. The normalized spacial score (nSPS) is 35.9. The van der Waals surface area contributed by atoms with E-state index in [4.69, 9.17) is 14.2 Å². The van der Waals surface area contributed by atoms with Crippen molar-refractivity contribution >= 4 is 23.8 Å².